The largest absolute Gasteiger partial charge is 0.480 e. The number of carbonyl (C=O) groups excluding carboxylic acids is 1. The first-order chi connectivity index (χ1) is 9.45. The number of hydrogen-bond donors (Lipinski definition) is 2. The van der Waals surface area contributed by atoms with Gasteiger partial charge in [-0.15, -0.1) is 0 Å². The summed E-state index contributed by atoms with van der Waals surface area (Å²) < 4.78 is 0. The molecule has 1 unspecified atom stereocenters. The van der Waals surface area contributed by atoms with Gasteiger partial charge < -0.3 is 10.4 Å². The van der Waals surface area contributed by atoms with Crippen LogP contribution in [-0.4, -0.2) is 23.0 Å². The van der Waals surface area contributed by atoms with Crippen molar-refractivity contribution in [3.05, 3.63) is 12.2 Å². The van der Waals surface area contributed by atoms with Crippen LogP contribution in [0.4, 0.5) is 0 Å². The summed E-state index contributed by atoms with van der Waals surface area (Å²) in [7, 11) is 0. The highest BCUT2D eigenvalue weighted by atomic mass is 16.4. The van der Waals surface area contributed by atoms with E-state index in [2.05, 4.69) is 19.2 Å². The summed E-state index contributed by atoms with van der Waals surface area (Å²) in [6.07, 6.45) is 7.82. The van der Waals surface area contributed by atoms with Crippen LogP contribution in [0.25, 0.3) is 0 Å². The second kappa shape index (κ2) is 8.08. The van der Waals surface area contributed by atoms with Crippen LogP contribution in [0.5, 0.6) is 0 Å². The lowest BCUT2D eigenvalue weighted by Crippen LogP contribution is -2.44. The van der Waals surface area contributed by atoms with Crippen LogP contribution < -0.4 is 5.32 Å². The van der Waals surface area contributed by atoms with E-state index in [1.807, 2.05) is 6.92 Å². The van der Waals surface area contributed by atoms with Crippen LogP contribution in [0.1, 0.15) is 52.9 Å². The Balaban J connectivity index is 2.47. The predicted molar refractivity (Wildman–Crippen MR) is 79.3 cm³/mol. The van der Waals surface area contributed by atoms with Crippen LogP contribution in [0.2, 0.25) is 0 Å². The van der Waals surface area contributed by atoms with E-state index in [-0.39, 0.29) is 11.8 Å². The number of allylic oxidation sites excluding steroid dienone is 1. The van der Waals surface area contributed by atoms with Gasteiger partial charge in [0.1, 0.15) is 6.04 Å². The number of rotatable bonds is 6. The molecule has 1 aliphatic rings. The average molecular weight is 281 g/mol. The smallest absolute Gasteiger partial charge is 0.326 e. The fourth-order valence-corrected chi connectivity index (χ4v) is 2.83. The van der Waals surface area contributed by atoms with Gasteiger partial charge in [0.2, 0.25) is 5.91 Å². The van der Waals surface area contributed by atoms with Crippen LogP contribution in [0, 0.1) is 17.8 Å². The van der Waals surface area contributed by atoms with E-state index in [1.54, 1.807) is 12.2 Å². The summed E-state index contributed by atoms with van der Waals surface area (Å²) in [5.74, 6) is 0.298. The Morgan fingerprint density at radius 2 is 1.85 bits per heavy atom. The topological polar surface area (TPSA) is 66.4 Å². The Morgan fingerprint density at radius 1 is 1.25 bits per heavy atom. The monoisotopic (exact) mass is 281 g/mol. The molecule has 0 bridgehead atoms. The standard InChI is InChI=1S/C16H27NO3/c1-4-5-6-14(16(19)20)17-15(18)13-9-7-12(8-10-13)11(2)3/h4-5,11-14H,6-10H2,1-3H3,(H,17,18)(H,19,20)/b5-4+. The highest BCUT2D eigenvalue weighted by Crippen LogP contribution is 2.33. The van der Waals surface area contributed by atoms with E-state index >= 15 is 0 Å². The Morgan fingerprint density at radius 3 is 2.30 bits per heavy atom. The first-order valence-electron chi connectivity index (χ1n) is 7.60. The molecule has 1 saturated carbocycles. The second-order valence-electron chi connectivity index (χ2n) is 6.06. The van der Waals surface area contributed by atoms with E-state index in [1.165, 1.54) is 0 Å². The maximum atomic E-state index is 12.2. The molecular weight excluding hydrogens is 254 g/mol. The third kappa shape index (κ3) is 4.99. The normalized spacial score (nSPS) is 24.8. The minimum atomic E-state index is -0.965. The molecular formula is C16H27NO3. The van der Waals surface area contributed by atoms with Crippen LogP contribution in [0.3, 0.4) is 0 Å². The number of hydrogen-bond acceptors (Lipinski definition) is 2. The zero-order chi connectivity index (χ0) is 15.1. The Labute approximate surface area is 121 Å². The van der Waals surface area contributed by atoms with Crippen LogP contribution in [0.15, 0.2) is 12.2 Å². The molecule has 0 spiro atoms. The summed E-state index contributed by atoms with van der Waals surface area (Å²) in [5, 5.41) is 11.8. The third-order valence-electron chi connectivity index (χ3n) is 4.31. The minimum absolute atomic E-state index is 0.0162. The summed E-state index contributed by atoms with van der Waals surface area (Å²) in [5.41, 5.74) is 0. The van der Waals surface area contributed by atoms with E-state index < -0.39 is 12.0 Å². The van der Waals surface area contributed by atoms with Crippen molar-refractivity contribution in [2.24, 2.45) is 17.8 Å². The molecule has 0 aromatic heterocycles. The van der Waals surface area contributed by atoms with Crippen LogP contribution in [-0.2, 0) is 9.59 Å². The Bertz CT molecular complexity index is 355. The number of carboxylic acids is 1. The van der Waals surface area contributed by atoms with Crippen molar-refractivity contribution in [2.45, 2.75) is 58.9 Å². The van der Waals surface area contributed by atoms with E-state index in [0.717, 1.165) is 25.7 Å². The van der Waals surface area contributed by atoms with E-state index in [4.69, 9.17) is 5.11 Å². The highest BCUT2D eigenvalue weighted by Gasteiger charge is 2.29. The number of carboxylic acid groups (broad SMARTS) is 1. The van der Waals surface area contributed by atoms with Gasteiger partial charge in [0.25, 0.3) is 0 Å². The van der Waals surface area contributed by atoms with Gasteiger partial charge in [-0.2, -0.15) is 0 Å². The molecule has 0 aromatic rings. The molecule has 1 aliphatic carbocycles. The van der Waals surface area contributed by atoms with Crippen molar-refractivity contribution in [1.29, 1.82) is 0 Å². The van der Waals surface area contributed by atoms with Gasteiger partial charge in [-0.3, -0.25) is 4.79 Å². The van der Waals surface area contributed by atoms with Gasteiger partial charge >= 0.3 is 5.97 Å². The molecule has 1 fully saturated rings. The number of carbonyl (C=O) groups is 2. The molecule has 0 aliphatic heterocycles. The molecule has 1 amide bonds. The van der Waals surface area contributed by atoms with Gasteiger partial charge in [-0.25, -0.2) is 4.79 Å². The maximum Gasteiger partial charge on any atom is 0.326 e. The second-order valence-corrected chi connectivity index (χ2v) is 6.06. The highest BCUT2D eigenvalue weighted by molar-refractivity contribution is 5.85. The van der Waals surface area contributed by atoms with Gasteiger partial charge in [0.05, 0.1) is 0 Å². The number of amides is 1. The predicted octanol–water partition coefficient (Wildman–Crippen LogP) is 2.98. The van der Waals surface area contributed by atoms with Gasteiger partial charge in [-0.05, 0) is 50.9 Å². The molecule has 1 atom stereocenters. The summed E-state index contributed by atoms with van der Waals surface area (Å²) >= 11 is 0. The van der Waals surface area contributed by atoms with Gasteiger partial charge in [-0.1, -0.05) is 26.0 Å². The summed E-state index contributed by atoms with van der Waals surface area (Å²) in [6, 6.07) is -0.804. The Kier molecular flexibility index (Phi) is 6.76. The van der Waals surface area contributed by atoms with Crippen LogP contribution >= 0.6 is 0 Å². The minimum Gasteiger partial charge on any atom is -0.480 e. The fourth-order valence-electron chi connectivity index (χ4n) is 2.83. The Hall–Kier alpha value is -1.32. The summed E-state index contributed by atoms with van der Waals surface area (Å²) in [6.45, 7) is 6.29. The first kappa shape index (κ1) is 16.7. The molecule has 4 nitrogen and oxygen atoms in total. The van der Waals surface area contributed by atoms with E-state index in [9.17, 15) is 9.59 Å². The zero-order valence-corrected chi connectivity index (χ0v) is 12.8. The van der Waals surface area contributed by atoms with Gasteiger partial charge in [0, 0.05) is 5.92 Å². The lowest BCUT2D eigenvalue weighted by atomic mass is 9.76. The summed E-state index contributed by atoms with van der Waals surface area (Å²) in [4.78, 5) is 23.3. The molecule has 0 aromatic carbocycles. The molecule has 1 rings (SSSR count). The lowest BCUT2D eigenvalue weighted by molar-refractivity contribution is -0.142. The number of nitrogens with one attached hydrogen (secondary N) is 1. The zero-order valence-electron chi connectivity index (χ0n) is 12.8. The van der Waals surface area contributed by atoms with E-state index in [0.29, 0.717) is 18.3 Å². The molecule has 114 valence electrons. The molecule has 20 heavy (non-hydrogen) atoms. The molecule has 2 N–H and O–H groups in total. The van der Waals surface area contributed by atoms with Crippen molar-refractivity contribution in [2.75, 3.05) is 0 Å². The van der Waals surface area contributed by atoms with Crippen molar-refractivity contribution in [3.63, 3.8) is 0 Å². The maximum absolute atomic E-state index is 12.2. The van der Waals surface area contributed by atoms with Crippen molar-refractivity contribution >= 4 is 11.9 Å². The first-order valence-corrected chi connectivity index (χ1v) is 7.60. The van der Waals surface area contributed by atoms with Crippen molar-refractivity contribution in [3.8, 4) is 0 Å². The molecule has 0 radical (unpaired) electrons. The third-order valence-corrected chi connectivity index (χ3v) is 4.31. The van der Waals surface area contributed by atoms with Crippen molar-refractivity contribution in [1.82, 2.24) is 5.32 Å². The van der Waals surface area contributed by atoms with Crippen molar-refractivity contribution < 1.29 is 14.7 Å². The SMILES string of the molecule is C/C=C/CC(NC(=O)C1CCC(C(C)C)CC1)C(=O)O. The fraction of sp³-hybridized carbons (Fsp3) is 0.750. The number of aliphatic carboxylic acids is 1. The molecule has 0 heterocycles. The average Bonchev–Trinajstić information content (AvgIpc) is 2.42. The molecule has 4 heteroatoms. The van der Waals surface area contributed by atoms with Gasteiger partial charge in [0.15, 0.2) is 0 Å². The molecule has 0 saturated heterocycles. The quantitative estimate of drug-likeness (QED) is 0.736. The lowest BCUT2D eigenvalue weighted by Gasteiger charge is -2.30.